The monoisotopic (exact) mass is 363 g/mol. The molecule has 9 heteroatoms. The Bertz CT molecular complexity index is 825. The number of rotatable bonds is 5. The average Bonchev–Trinajstić information content (AvgIpc) is 2.58. The molecule has 25 heavy (non-hydrogen) atoms. The van der Waals surface area contributed by atoms with Crippen LogP contribution in [0.1, 0.15) is 15.9 Å². The van der Waals surface area contributed by atoms with Crippen molar-refractivity contribution in [3.8, 4) is 5.75 Å². The lowest BCUT2D eigenvalue weighted by molar-refractivity contribution is -0.385. The lowest BCUT2D eigenvalue weighted by atomic mass is 10.1. The van der Waals surface area contributed by atoms with Gasteiger partial charge >= 0.3 is 0 Å². The van der Waals surface area contributed by atoms with Gasteiger partial charge in [-0.05, 0) is 31.2 Å². The zero-order valence-electron chi connectivity index (χ0n) is 13.1. The van der Waals surface area contributed by atoms with E-state index in [1.807, 2.05) is 0 Å². The lowest BCUT2D eigenvalue weighted by Gasteiger charge is -2.10. The van der Waals surface area contributed by atoms with E-state index in [0.717, 1.165) is 0 Å². The molecule has 0 fully saturated rings. The van der Waals surface area contributed by atoms with E-state index in [4.69, 9.17) is 16.3 Å². The quantitative estimate of drug-likeness (QED) is 0.626. The zero-order chi connectivity index (χ0) is 18.4. The number of aryl methyl sites for hydroxylation is 1. The summed E-state index contributed by atoms with van der Waals surface area (Å²) < 4.78 is 5.23. The number of para-hydroxylation sites is 1. The van der Waals surface area contributed by atoms with Crippen LogP contribution in [0, 0.1) is 17.0 Å². The van der Waals surface area contributed by atoms with E-state index in [1.54, 1.807) is 24.3 Å². The topological polar surface area (TPSA) is 111 Å². The van der Waals surface area contributed by atoms with Gasteiger partial charge in [-0.1, -0.05) is 23.7 Å². The summed E-state index contributed by atoms with van der Waals surface area (Å²) in [5.74, 6) is -0.854. The number of nitro benzene ring substituents is 1. The number of hydrazine groups is 1. The smallest absolute Gasteiger partial charge is 0.276 e. The van der Waals surface area contributed by atoms with Crippen molar-refractivity contribution in [3.63, 3.8) is 0 Å². The summed E-state index contributed by atoms with van der Waals surface area (Å²) in [5.41, 5.74) is 4.82. The third kappa shape index (κ3) is 4.92. The van der Waals surface area contributed by atoms with Crippen LogP contribution in [0.15, 0.2) is 42.5 Å². The molecule has 0 aliphatic rings. The first-order valence-corrected chi connectivity index (χ1v) is 7.48. The Labute approximate surface area is 147 Å². The molecule has 2 aromatic rings. The van der Waals surface area contributed by atoms with Crippen LogP contribution >= 0.6 is 11.6 Å². The molecule has 0 atom stereocenters. The van der Waals surface area contributed by atoms with E-state index in [0.29, 0.717) is 16.3 Å². The zero-order valence-corrected chi connectivity index (χ0v) is 13.9. The predicted octanol–water partition coefficient (Wildman–Crippen LogP) is 2.40. The highest BCUT2D eigenvalue weighted by atomic mass is 35.5. The Morgan fingerprint density at radius 2 is 1.92 bits per heavy atom. The number of hydrogen-bond acceptors (Lipinski definition) is 5. The van der Waals surface area contributed by atoms with Crippen LogP contribution in [-0.4, -0.2) is 23.3 Å². The van der Waals surface area contributed by atoms with Crippen molar-refractivity contribution in [2.45, 2.75) is 6.92 Å². The molecule has 8 nitrogen and oxygen atoms in total. The molecule has 2 amide bonds. The van der Waals surface area contributed by atoms with Gasteiger partial charge in [0.15, 0.2) is 6.61 Å². The van der Waals surface area contributed by atoms with E-state index in [1.165, 1.54) is 25.1 Å². The molecule has 0 heterocycles. The van der Waals surface area contributed by atoms with Gasteiger partial charge in [0.25, 0.3) is 17.5 Å². The molecule has 0 aliphatic carbocycles. The fraction of sp³-hybridized carbons (Fsp3) is 0.125. The SMILES string of the molecule is Cc1cc(C(=O)NNC(=O)COc2ccccc2Cl)ccc1[N+](=O)[O-]. The van der Waals surface area contributed by atoms with Crippen molar-refractivity contribution in [1.29, 1.82) is 0 Å². The third-order valence-electron chi connectivity index (χ3n) is 3.17. The third-order valence-corrected chi connectivity index (χ3v) is 3.48. The highest BCUT2D eigenvalue weighted by Crippen LogP contribution is 2.22. The van der Waals surface area contributed by atoms with E-state index in [9.17, 15) is 19.7 Å². The summed E-state index contributed by atoms with van der Waals surface area (Å²) in [7, 11) is 0. The fourth-order valence-electron chi connectivity index (χ4n) is 1.94. The molecule has 0 aliphatic heterocycles. The standard InChI is InChI=1S/C16H14ClN3O5/c1-10-8-11(6-7-13(10)20(23)24)16(22)19-18-15(21)9-25-14-5-3-2-4-12(14)17/h2-8H,9H2,1H3,(H,18,21)(H,19,22). The van der Waals surface area contributed by atoms with Crippen molar-refractivity contribution in [2.75, 3.05) is 6.61 Å². The van der Waals surface area contributed by atoms with Gasteiger partial charge in [-0.15, -0.1) is 0 Å². The maximum absolute atomic E-state index is 12.0. The normalized spacial score (nSPS) is 10.0. The molecule has 0 bridgehead atoms. The van der Waals surface area contributed by atoms with Crippen molar-refractivity contribution in [3.05, 3.63) is 68.7 Å². The van der Waals surface area contributed by atoms with Crippen LogP contribution < -0.4 is 15.6 Å². The Morgan fingerprint density at radius 1 is 1.20 bits per heavy atom. The number of nitro groups is 1. The number of carbonyl (C=O) groups excluding carboxylic acids is 2. The maximum atomic E-state index is 12.0. The summed E-state index contributed by atoms with van der Waals surface area (Å²) in [5, 5.41) is 11.1. The van der Waals surface area contributed by atoms with Crippen molar-refractivity contribution >= 4 is 29.1 Å². The highest BCUT2D eigenvalue weighted by Gasteiger charge is 2.14. The molecule has 0 spiro atoms. The molecule has 0 saturated carbocycles. The number of nitrogens with zero attached hydrogens (tertiary/aromatic N) is 1. The van der Waals surface area contributed by atoms with Gasteiger partial charge in [0.2, 0.25) is 0 Å². The molecule has 2 N–H and O–H groups in total. The first-order valence-electron chi connectivity index (χ1n) is 7.10. The van der Waals surface area contributed by atoms with E-state index >= 15 is 0 Å². The van der Waals surface area contributed by atoms with Crippen LogP contribution in [0.3, 0.4) is 0 Å². The molecule has 0 radical (unpaired) electrons. The van der Waals surface area contributed by atoms with Gasteiger partial charge in [0.05, 0.1) is 9.95 Å². The number of carbonyl (C=O) groups is 2. The second kappa shape index (κ2) is 8.11. The van der Waals surface area contributed by atoms with Gasteiger partial charge < -0.3 is 4.74 Å². The molecule has 0 saturated heterocycles. The van der Waals surface area contributed by atoms with Crippen molar-refractivity contribution in [2.24, 2.45) is 0 Å². The van der Waals surface area contributed by atoms with Gasteiger partial charge in [-0.25, -0.2) is 0 Å². The predicted molar refractivity (Wildman–Crippen MR) is 90.4 cm³/mol. The molecule has 130 valence electrons. The fourth-order valence-corrected chi connectivity index (χ4v) is 2.13. The number of amides is 2. The van der Waals surface area contributed by atoms with Crippen LogP contribution in [-0.2, 0) is 4.79 Å². The summed E-state index contributed by atoms with van der Waals surface area (Å²) >= 11 is 5.89. The lowest BCUT2D eigenvalue weighted by Crippen LogP contribution is -2.43. The Morgan fingerprint density at radius 3 is 2.56 bits per heavy atom. The average molecular weight is 364 g/mol. The van der Waals surface area contributed by atoms with E-state index in [2.05, 4.69) is 10.9 Å². The van der Waals surface area contributed by atoms with E-state index < -0.39 is 16.7 Å². The van der Waals surface area contributed by atoms with Crippen LogP contribution in [0.25, 0.3) is 0 Å². The summed E-state index contributed by atoms with van der Waals surface area (Å²) in [4.78, 5) is 33.9. The van der Waals surface area contributed by atoms with Crippen LogP contribution in [0.5, 0.6) is 5.75 Å². The second-order valence-electron chi connectivity index (χ2n) is 4.98. The number of nitrogens with one attached hydrogen (secondary N) is 2. The van der Waals surface area contributed by atoms with Gasteiger partial charge in [-0.2, -0.15) is 0 Å². The first-order chi connectivity index (χ1) is 11.9. The number of halogens is 1. The summed E-state index contributed by atoms with van der Waals surface area (Å²) in [6.45, 7) is 1.17. The van der Waals surface area contributed by atoms with Crippen LogP contribution in [0.2, 0.25) is 5.02 Å². The van der Waals surface area contributed by atoms with Gasteiger partial charge in [-0.3, -0.25) is 30.6 Å². The number of ether oxygens (including phenoxy) is 1. The molecule has 0 aromatic heterocycles. The highest BCUT2D eigenvalue weighted by molar-refractivity contribution is 6.32. The van der Waals surface area contributed by atoms with Crippen molar-refractivity contribution in [1.82, 2.24) is 10.9 Å². The Kier molecular flexibility index (Phi) is 5.91. The minimum absolute atomic E-state index is 0.0891. The molecular formula is C16H14ClN3O5. The number of benzene rings is 2. The minimum atomic E-state index is -0.607. The number of hydrogen-bond donors (Lipinski definition) is 2. The van der Waals surface area contributed by atoms with Crippen LogP contribution in [0.4, 0.5) is 5.69 Å². The Hall–Kier alpha value is -3.13. The molecular weight excluding hydrogens is 350 g/mol. The second-order valence-corrected chi connectivity index (χ2v) is 5.39. The summed E-state index contributed by atoms with van der Waals surface area (Å²) in [6.07, 6.45) is 0. The van der Waals surface area contributed by atoms with Crippen molar-refractivity contribution < 1.29 is 19.2 Å². The Balaban J connectivity index is 1.87. The van der Waals surface area contributed by atoms with Gasteiger partial charge in [0.1, 0.15) is 5.75 Å². The van der Waals surface area contributed by atoms with Gasteiger partial charge in [0, 0.05) is 17.2 Å². The van der Waals surface area contributed by atoms with E-state index in [-0.39, 0.29) is 17.9 Å². The maximum Gasteiger partial charge on any atom is 0.276 e. The molecule has 0 unspecified atom stereocenters. The largest absolute Gasteiger partial charge is 0.482 e. The molecule has 2 aromatic carbocycles. The summed E-state index contributed by atoms with van der Waals surface area (Å²) in [6, 6.07) is 10.5. The molecule has 2 rings (SSSR count). The first kappa shape index (κ1) is 18.2. The minimum Gasteiger partial charge on any atom is -0.482 e.